The van der Waals surface area contributed by atoms with Gasteiger partial charge in [-0.05, 0) is 6.54 Å². The van der Waals surface area contributed by atoms with Gasteiger partial charge in [-0.1, -0.05) is 6.92 Å². The van der Waals surface area contributed by atoms with Crippen LogP contribution in [0.5, 0.6) is 11.5 Å². The number of likely N-dealkylation sites (N-methyl/N-ethyl adjacent to an activating group) is 1. The van der Waals surface area contributed by atoms with Crippen LogP contribution < -0.4 is 20.1 Å². The van der Waals surface area contributed by atoms with E-state index >= 15 is 0 Å². The van der Waals surface area contributed by atoms with Crippen molar-refractivity contribution in [2.24, 2.45) is 0 Å². The van der Waals surface area contributed by atoms with E-state index in [2.05, 4.69) is 10.6 Å². The summed E-state index contributed by atoms with van der Waals surface area (Å²) >= 11 is 0. The highest BCUT2D eigenvalue weighted by molar-refractivity contribution is 5.95. The maximum atomic E-state index is 11.6. The molecule has 0 radical (unpaired) electrons. The number of rotatable bonds is 5. The fraction of sp³-hybridized carbons (Fsp3) is 0.417. The lowest BCUT2D eigenvalue weighted by molar-refractivity contribution is -0.384. The SMILES string of the molecule is CCNCC(=O)Nc1cc2c(cc1[N+](=O)[O-])OCCO2. The summed E-state index contributed by atoms with van der Waals surface area (Å²) in [6.45, 7) is 3.30. The lowest BCUT2D eigenvalue weighted by Gasteiger charge is -2.19. The van der Waals surface area contributed by atoms with Gasteiger partial charge in [0.25, 0.3) is 5.69 Å². The predicted octanol–water partition coefficient (Wildman–Crippen LogP) is 0.914. The van der Waals surface area contributed by atoms with Crippen molar-refractivity contribution in [1.29, 1.82) is 0 Å². The Morgan fingerprint density at radius 3 is 2.60 bits per heavy atom. The van der Waals surface area contributed by atoms with E-state index in [0.717, 1.165) is 0 Å². The number of anilines is 1. The maximum absolute atomic E-state index is 11.6. The summed E-state index contributed by atoms with van der Waals surface area (Å²) in [6, 6.07) is 2.67. The summed E-state index contributed by atoms with van der Waals surface area (Å²) in [4.78, 5) is 22.1. The molecule has 1 aromatic carbocycles. The topological polar surface area (TPSA) is 103 Å². The summed E-state index contributed by atoms with van der Waals surface area (Å²) in [7, 11) is 0. The van der Waals surface area contributed by atoms with Gasteiger partial charge in [0, 0.05) is 6.07 Å². The van der Waals surface area contributed by atoms with Crippen LogP contribution >= 0.6 is 0 Å². The van der Waals surface area contributed by atoms with Crippen LogP contribution in [0.1, 0.15) is 6.92 Å². The zero-order valence-electron chi connectivity index (χ0n) is 11.0. The Kier molecular flexibility index (Phi) is 4.36. The fourth-order valence-corrected chi connectivity index (χ4v) is 1.76. The minimum absolute atomic E-state index is 0.0854. The lowest BCUT2D eigenvalue weighted by Crippen LogP contribution is -2.28. The van der Waals surface area contributed by atoms with Crippen LogP contribution in [0.15, 0.2) is 12.1 Å². The van der Waals surface area contributed by atoms with Crippen molar-refractivity contribution >= 4 is 17.3 Å². The van der Waals surface area contributed by atoms with Crippen LogP contribution in [0.3, 0.4) is 0 Å². The first kappa shape index (κ1) is 14.1. The van der Waals surface area contributed by atoms with E-state index in [1.54, 1.807) is 0 Å². The molecule has 1 heterocycles. The summed E-state index contributed by atoms with van der Waals surface area (Å²) in [5.74, 6) is 0.347. The highest BCUT2D eigenvalue weighted by Crippen LogP contribution is 2.39. The second-order valence-electron chi connectivity index (χ2n) is 4.10. The van der Waals surface area contributed by atoms with Crippen LogP contribution in [0, 0.1) is 10.1 Å². The van der Waals surface area contributed by atoms with Crippen molar-refractivity contribution in [1.82, 2.24) is 5.32 Å². The smallest absolute Gasteiger partial charge is 0.296 e. The first-order valence-corrected chi connectivity index (χ1v) is 6.20. The molecule has 0 unspecified atom stereocenters. The number of fused-ring (bicyclic) bond motifs is 1. The molecule has 1 amide bonds. The molecule has 1 aromatic rings. The minimum atomic E-state index is -0.568. The van der Waals surface area contributed by atoms with Gasteiger partial charge in [0.15, 0.2) is 11.5 Å². The maximum Gasteiger partial charge on any atom is 0.296 e. The number of amides is 1. The molecule has 0 fully saturated rings. The normalized spacial score (nSPS) is 12.8. The summed E-state index contributed by atoms with van der Waals surface area (Å²) in [5, 5.41) is 16.4. The molecule has 1 aliphatic rings. The van der Waals surface area contributed by atoms with Gasteiger partial charge in [0.05, 0.1) is 17.5 Å². The van der Waals surface area contributed by atoms with Crippen molar-refractivity contribution in [3.8, 4) is 11.5 Å². The number of benzene rings is 1. The molecule has 108 valence electrons. The van der Waals surface area contributed by atoms with Crippen molar-refractivity contribution in [3.05, 3.63) is 22.2 Å². The van der Waals surface area contributed by atoms with Crippen LogP contribution in [-0.2, 0) is 4.79 Å². The molecule has 8 heteroatoms. The number of hydrogen-bond donors (Lipinski definition) is 2. The average molecular weight is 281 g/mol. The number of hydrogen-bond acceptors (Lipinski definition) is 6. The Balaban J connectivity index is 2.25. The molecule has 0 saturated carbocycles. The summed E-state index contributed by atoms with van der Waals surface area (Å²) in [5.41, 5.74) is -0.124. The minimum Gasteiger partial charge on any atom is -0.486 e. The Morgan fingerprint density at radius 2 is 2.00 bits per heavy atom. The molecule has 0 saturated heterocycles. The van der Waals surface area contributed by atoms with Crippen molar-refractivity contribution in [2.75, 3.05) is 31.6 Å². The Bertz CT molecular complexity index is 532. The van der Waals surface area contributed by atoms with Crippen LogP contribution in [0.2, 0.25) is 0 Å². The second-order valence-corrected chi connectivity index (χ2v) is 4.10. The second kappa shape index (κ2) is 6.20. The number of nitro benzene ring substituents is 1. The molecule has 0 spiro atoms. The van der Waals surface area contributed by atoms with Gasteiger partial charge >= 0.3 is 0 Å². The molecule has 0 aliphatic carbocycles. The predicted molar refractivity (Wildman–Crippen MR) is 71.3 cm³/mol. The number of carbonyl (C=O) groups excluding carboxylic acids is 1. The largest absolute Gasteiger partial charge is 0.486 e. The van der Waals surface area contributed by atoms with Gasteiger partial charge in [-0.3, -0.25) is 14.9 Å². The highest BCUT2D eigenvalue weighted by atomic mass is 16.6. The zero-order valence-corrected chi connectivity index (χ0v) is 11.0. The third-order valence-corrected chi connectivity index (χ3v) is 2.67. The van der Waals surface area contributed by atoms with Gasteiger partial charge in [-0.2, -0.15) is 0 Å². The standard InChI is InChI=1S/C12H15N3O5/c1-2-13-7-12(16)14-8-5-10-11(20-4-3-19-10)6-9(8)15(17)18/h5-6,13H,2-4,7H2,1H3,(H,14,16). The monoisotopic (exact) mass is 281 g/mol. The first-order chi connectivity index (χ1) is 9.61. The third-order valence-electron chi connectivity index (χ3n) is 2.67. The lowest BCUT2D eigenvalue weighted by atomic mass is 10.2. The Hall–Kier alpha value is -2.35. The van der Waals surface area contributed by atoms with Crippen LogP contribution in [0.25, 0.3) is 0 Å². The molecule has 0 aromatic heterocycles. The first-order valence-electron chi connectivity index (χ1n) is 6.20. The quantitative estimate of drug-likeness (QED) is 0.614. The van der Waals surface area contributed by atoms with E-state index in [-0.39, 0.29) is 23.8 Å². The molecule has 0 bridgehead atoms. The van der Waals surface area contributed by atoms with E-state index in [9.17, 15) is 14.9 Å². The number of nitrogens with one attached hydrogen (secondary N) is 2. The summed E-state index contributed by atoms with van der Waals surface area (Å²) < 4.78 is 10.6. The van der Waals surface area contributed by atoms with Crippen molar-refractivity contribution in [2.45, 2.75) is 6.92 Å². The molecule has 2 rings (SSSR count). The van der Waals surface area contributed by atoms with E-state index < -0.39 is 4.92 Å². The van der Waals surface area contributed by atoms with E-state index in [0.29, 0.717) is 31.3 Å². The third kappa shape index (κ3) is 3.15. The Labute approximate surface area is 115 Å². The van der Waals surface area contributed by atoms with Gasteiger partial charge in [0.2, 0.25) is 5.91 Å². The number of nitrogens with zero attached hydrogens (tertiary/aromatic N) is 1. The molecule has 1 aliphatic heterocycles. The Morgan fingerprint density at radius 1 is 1.35 bits per heavy atom. The van der Waals surface area contributed by atoms with Gasteiger partial charge in [0.1, 0.15) is 18.9 Å². The van der Waals surface area contributed by atoms with E-state index in [1.807, 2.05) is 6.92 Å². The molecule has 2 N–H and O–H groups in total. The molecular formula is C12H15N3O5. The van der Waals surface area contributed by atoms with Gasteiger partial charge in [-0.15, -0.1) is 0 Å². The molecule has 20 heavy (non-hydrogen) atoms. The van der Waals surface area contributed by atoms with Crippen molar-refractivity contribution < 1.29 is 19.2 Å². The van der Waals surface area contributed by atoms with Gasteiger partial charge in [-0.25, -0.2) is 0 Å². The van der Waals surface area contributed by atoms with Crippen molar-refractivity contribution in [3.63, 3.8) is 0 Å². The van der Waals surface area contributed by atoms with E-state index in [1.165, 1.54) is 12.1 Å². The average Bonchev–Trinajstić information content (AvgIpc) is 2.44. The number of carbonyl (C=O) groups is 1. The van der Waals surface area contributed by atoms with Crippen LogP contribution in [-0.4, -0.2) is 37.1 Å². The molecule has 0 atom stereocenters. The molecular weight excluding hydrogens is 266 g/mol. The summed E-state index contributed by atoms with van der Waals surface area (Å²) in [6.07, 6.45) is 0. The number of nitro groups is 1. The van der Waals surface area contributed by atoms with E-state index in [4.69, 9.17) is 9.47 Å². The zero-order chi connectivity index (χ0) is 14.5. The fourth-order valence-electron chi connectivity index (χ4n) is 1.76. The highest BCUT2D eigenvalue weighted by Gasteiger charge is 2.23. The molecule has 8 nitrogen and oxygen atoms in total. The van der Waals surface area contributed by atoms with Gasteiger partial charge < -0.3 is 20.1 Å². The number of ether oxygens (including phenoxy) is 2. The van der Waals surface area contributed by atoms with Crippen LogP contribution in [0.4, 0.5) is 11.4 Å².